The number of anilines is 1. The minimum Gasteiger partial charge on any atom is -0.476 e. The summed E-state index contributed by atoms with van der Waals surface area (Å²) in [6.45, 7) is 0.422. The van der Waals surface area contributed by atoms with Crippen molar-refractivity contribution in [3.05, 3.63) is 10.8 Å². The van der Waals surface area contributed by atoms with Gasteiger partial charge in [0.2, 0.25) is 5.88 Å². The van der Waals surface area contributed by atoms with Crippen molar-refractivity contribution in [2.24, 2.45) is 0 Å². The maximum atomic E-state index is 5.51. The van der Waals surface area contributed by atoms with Gasteiger partial charge in [-0.05, 0) is 15.9 Å². The van der Waals surface area contributed by atoms with Crippen LogP contribution < -0.4 is 10.5 Å². The Bertz CT molecular complexity index is 335. The molecule has 0 saturated carbocycles. The molecule has 0 fully saturated rings. The molecule has 5 heteroatoms. The van der Waals surface area contributed by atoms with Crippen LogP contribution in [-0.2, 0) is 0 Å². The number of halogens is 1. The Morgan fingerprint density at radius 3 is 3.08 bits per heavy atom. The summed E-state index contributed by atoms with van der Waals surface area (Å²) < 4.78 is 5.80. The van der Waals surface area contributed by atoms with Gasteiger partial charge in [0.25, 0.3) is 0 Å². The van der Waals surface area contributed by atoms with Gasteiger partial charge in [-0.15, -0.1) is 12.3 Å². The standard InChI is InChI=1S/C8H8BrN3O/c1-2-3-4-13-8-6(9)7(10)11-5-12-8/h1,5H,3-4H2,(H2,10,11,12). The largest absolute Gasteiger partial charge is 0.476 e. The number of nitrogen functional groups attached to an aromatic ring is 1. The lowest BCUT2D eigenvalue weighted by molar-refractivity contribution is 0.312. The Balaban J connectivity index is 2.67. The van der Waals surface area contributed by atoms with Crippen LogP contribution in [0.25, 0.3) is 0 Å². The lowest BCUT2D eigenvalue weighted by atomic mass is 10.5. The molecule has 0 amide bonds. The fourth-order valence-electron chi connectivity index (χ4n) is 0.674. The zero-order valence-corrected chi connectivity index (χ0v) is 8.41. The van der Waals surface area contributed by atoms with Crippen LogP contribution in [0.15, 0.2) is 10.8 Å². The van der Waals surface area contributed by atoms with Crippen molar-refractivity contribution in [2.45, 2.75) is 6.42 Å². The zero-order valence-electron chi connectivity index (χ0n) is 6.83. The summed E-state index contributed by atoms with van der Waals surface area (Å²) in [4.78, 5) is 7.65. The molecule has 1 heterocycles. The summed E-state index contributed by atoms with van der Waals surface area (Å²) in [6, 6.07) is 0. The van der Waals surface area contributed by atoms with E-state index in [-0.39, 0.29) is 0 Å². The number of rotatable bonds is 3. The Morgan fingerprint density at radius 2 is 2.38 bits per heavy atom. The number of nitrogens with zero attached hydrogens (tertiary/aromatic N) is 2. The van der Waals surface area contributed by atoms with Gasteiger partial charge in [0.05, 0.1) is 0 Å². The summed E-state index contributed by atoms with van der Waals surface area (Å²) in [5.74, 6) is 3.23. The minimum absolute atomic E-state index is 0.353. The number of terminal acetylenes is 1. The van der Waals surface area contributed by atoms with Crippen LogP contribution in [-0.4, -0.2) is 16.6 Å². The highest BCUT2D eigenvalue weighted by Gasteiger charge is 2.05. The summed E-state index contributed by atoms with van der Waals surface area (Å²) in [5, 5.41) is 0. The van der Waals surface area contributed by atoms with Gasteiger partial charge in [-0.3, -0.25) is 0 Å². The van der Waals surface area contributed by atoms with E-state index in [0.717, 1.165) is 0 Å². The van der Waals surface area contributed by atoms with Crippen LogP contribution >= 0.6 is 15.9 Å². The van der Waals surface area contributed by atoms with Crippen LogP contribution in [0.5, 0.6) is 5.88 Å². The van der Waals surface area contributed by atoms with Crippen LogP contribution in [0.1, 0.15) is 6.42 Å². The van der Waals surface area contributed by atoms with E-state index in [9.17, 15) is 0 Å². The van der Waals surface area contributed by atoms with Crippen molar-refractivity contribution in [1.29, 1.82) is 0 Å². The second-order valence-corrected chi connectivity index (χ2v) is 2.97. The Labute approximate surface area is 84.7 Å². The van der Waals surface area contributed by atoms with Crippen LogP contribution in [0, 0.1) is 12.3 Å². The number of hydrogen-bond donors (Lipinski definition) is 1. The highest BCUT2D eigenvalue weighted by atomic mass is 79.9. The molecule has 0 aliphatic carbocycles. The first kappa shape index (κ1) is 9.81. The second-order valence-electron chi connectivity index (χ2n) is 2.18. The molecular weight excluding hydrogens is 234 g/mol. The van der Waals surface area contributed by atoms with Crippen molar-refractivity contribution >= 4 is 21.7 Å². The summed E-state index contributed by atoms with van der Waals surface area (Å²) in [7, 11) is 0. The third-order valence-electron chi connectivity index (χ3n) is 1.27. The molecule has 0 aliphatic heterocycles. The maximum absolute atomic E-state index is 5.51. The quantitative estimate of drug-likeness (QED) is 0.639. The molecule has 0 bridgehead atoms. The van der Waals surface area contributed by atoms with Gasteiger partial charge in [0.1, 0.15) is 23.2 Å². The topological polar surface area (TPSA) is 61.0 Å². The van der Waals surface area contributed by atoms with Gasteiger partial charge in [-0.1, -0.05) is 0 Å². The molecule has 0 unspecified atom stereocenters. The molecule has 1 aromatic rings. The van der Waals surface area contributed by atoms with E-state index in [0.29, 0.717) is 29.2 Å². The van der Waals surface area contributed by atoms with Crippen molar-refractivity contribution < 1.29 is 4.74 Å². The third-order valence-corrected chi connectivity index (χ3v) is 2.02. The second kappa shape index (κ2) is 4.67. The van der Waals surface area contributed by atoms with Gasteiger partial charge in [0.15, 0.2) is 0 Å². The normalized spacial score (nSPS) is 9.23. The predicted octanol–water partition coefficient (Wildman–Crippen LogP) is 1.22. The number of aromatic nitrogens is 2. The van der Waals surface area contributed by atoms with Gasteiger partial charge in [-0.25, -0.2) is 9.97 Å². The lowest BCUT2D eigenvalue weighted by Gasteiger charge is -2.05. The van der Waals surface area contributed by atoms with Crippen molar-refractivity contribution in [3.8, 4) is 18.2 Å². The molecule has 13 heavy (non-hydrogen) atoms. The molecule has 1 rings (SSSR count). The van der Waals surface area contributed by atoms with Gasteiger partial charge >= 0.3 is 0 Å². The Hall–Kier alpha value is -1.28. The molecule has 0 radical (unpaired) electrons. The molecule has 4 nitrogen and oxygen atoms in total. The van der Waals surface area contributed by atoms with Gasteiger partial charge in [0, 0.05) is 6.42 Å². The molecule has 0 aliphatic rings. The van der Waals surface area contributed by atoms with E-state index in [4.69, 9.17) is 16.9 Å². The molecule has 68 valence electrons. The van der Waals surface area contributed by atoms with Crippen molar-refractivity contribution in [3.63, 3.8) is 0 Å². The average Bonchev–Trinajstić information content (AvgIpc) is 2.13. The predicted molar refractivity (Wildman–Crippen MR) is 53.1 cm³/mol. The third kappa shape index (κ3) is 2.60. The molecular formula is C8H8BrN3O. The summed E-state index contributed by atoms with van der Waals surface area (Å²) in [5.41, 5.74) is 5.51. The van der Waals surface area contributed by atoms with E-state index in [1.807, 2.05) is 0 Å². The lowest BCUT2D eigenvalue weighted by Crippen LogP contribution is -2.01. The minimum atomic E-state index is 0.353. The highest BCUT2D eigenvalue weighted by molar-refractivity contribution is 9.10. The molecule has 0 aromatic carbocycles. The van der Waals surface area contributed by atoms with E-state index < -0.39 is 0 Å². The molecule has 2 N–H and O–H groups in total. The van der Waals surface area contributed by atoms with E-state index in [2.05, 4.69) is 31.8 Å². The monoisotopic (exact) mass is 241 g/mol. The fraction of sp³-hybridized carbons (Fsp3) is 0.250. The first-order valence-corrected chi connectivity index (χ1v) is 4.37. The van der Waals surface area contributed by atoms with E-state index in [1.54, 1.807) is 0 Å². The van der Waals surface area contributed by atoms with E-state index in [1.165, 1.54) is 6.33 Å². The number of hydrogen-bond acceptors (Lipinski definition) is 4. The van der Waals surface area contributed by atoms with Crippen LogP contribution in [0.2, 0.25) is 0 Å². The number of ether oxygens (including phenoxy) is 1. The fourth-order valence-corrected chi connectivity index (χ4v) is 0.993. The molecule has 1 aromatic heterocycles. The van der Waals surface area contributed by atoms with E-state index >= 15 is 0 Å². The number of nitrogens with two attached hydrogens (primary N) is 1. The average molecular weight is 242 g/mol. The smallest absolute Gasteiger partial charge is 0.233 e. The first-order chi connectivity index (χ1) is 6.25. The van der Waals surface area contributed by atoms with Crippen LogP contribution in [0.4, 0.5) is 5.82 Å². The molecule has 0 saturated heterocycles. The summed E-state index contributed by atoms with van der Waals surface area (Å²) >= 11 is 3.21. The van der Waals surface area contributed by atoms with Gasteiger partial charge in [-0.2, -0.15) is 0 Å². The van der Waals surface area contributed by atoms with Crippen molar-refractivity contribution in [1.82, 2.24) is 9.97 Å². The van der Waals surface area contributed by atoms with Crippen molar-refractivity contribution in [2.75, 3.05) is 12.3 Å². The highest BCUT2D eigenvalue weighted by Crippen LogP contribution is 2.25. The molecule has 0 atom stereocenters. The van der Waals surface area contributed by atoms with Crippen LogP contribution in [0.3, 0.4) is 0 Å². The SMILES string of the molecule is C#CCCOc1ncnc(N)c1Br. The Morgan fingerprint density at radius 1 is 1.62 bits per heavy atom. The maximum Gasteiger partial charge on any atom is 0.233 e. The first-order valence-electron chi connectivity index (χ1n) is 3.58. The van der Waals surface area contributed by atoms with Gasteiger partial charge < -0.3 is 10.5 Å². The zero-order chi connectivity index (χ0) is 9.68. The Kier molecular flexibility index (Phi) is 3.53. The summed E-state index contributed by atoms with van der Waals surface area (Å²) in [6.07, 6.45) is 6.94. The molecule has 0 spiro atoms.